The van der Waals surface area contributed by atoms with E-state index in [0.717, 1.165) is 23.4 Å². The maximum Gasteiger partial charge on any atom is 0.287 e. The van der Waals surface area contributed by atoms with Crippen LogP contribution in [0.4, 0.5) is 0 Å². The smallest absolute Gasteiger partial charge is 0.287 e. The number of benzene rings is 1. The van der Waals surface area contributed by atoms with Gasteiger partial charge in [0.2, 0.25) is 0 Å². The van der Waals surface area contributed by atoms with E-state index in [4.69, 9.17) is 4.42 Å². The average molecular weight is 295 g/mol. The molecule has 0 aliphatic carbocycles. The van der Waals surface area contributed by atoms with E-state index in [9.17, 15) is 4.79 Å². The van der Waals surface area contributed by atoms with Crippen LogP contribution in [0.3, 0.4) is 0 Å². The van der Waals surface area contributed by atoms with Gasteiger partial charge in [0.25, 0.3) is 5.91 Å². The summed E-state index contributed by atoms with van der Waals surface area (Å²) in [5.74, 6) is 0.885. The fourth-order valence-electron chi connectivity index (χ4n) is 2.18. The highest BCUT2D eigenvalue weighted by atomic mass is 16.3. The number of nitrogens with zero attached hydrogens (tertiary/aromatic N) is 2. The number of rotatable bonds is 5. The van der Waals surface area contributed by atoms with Gasteiger partial charge in [-0.1, -0.05) is 18.2 Å². The zero-order chi connectivity index (χ0) is 15.4. The Bertz CT molecular complexity index is 759. The van der Waals surface area contributed by atoms with Crippen LogP contribution in [0.1, 0.15) is 21.9 Å². The Morgan fingerprint density at radius 3 is 2.77 bits per heavy atom. The van der Waals surface area contributed by atoms with Gasteiger partial charge in [-0.2, -0.15) is 5.10 Å². The molecule has 0 spiro atoms. The van der Waals surface area contributed by atoms with Gasteiger partial charge in [0.1, 0.15) is 5.76 Å². The predicted molar refractivity (Wildman–Crippen MR) is 83.0 cm³/mol. The highest BCUT2D eigenvalue weighted by Gasteiger charge is 2.09. The van der Waals surface area contributed by atoms with Crippen LogP contribution in [0.25, 0.3) is 5.69 Å². The molecule has 0 saturated carbocycles. The Balaban J connectivity index is 1.54. The number of amides is 1. The van der Waals surface area contributed by atoms with Crippen molar-refractivity contribution >= 4 is 5.91 Å². The van der Waals surface area contributed by atoms with Crippen molar-refractivity contribution in [2.24, 2.45) is 0 Å². The molecule has 0 aliphatic rings. The molecule has 2 aromatic heterocycles. The second-order valence-electron chi connectivity index (χ2n) is 5.04. The normalized spacial score (nSPS) is 10.6. The van der Waals surface area contributed by atoms with Gasteiger partial charge in [-0.25, -0.2) is 4.68 Å². The molecular formula is C17H17N3O2. The van der Waals surface area contributed by atoms with E-state index in [1.165, 1.54) is 0 Å². The summed E-state index contributed by atoms with van der Waals surface area (Å²) >= 11 is 0. The van der Waals surface area contributed by atoms with Crippen molar-refractivity contribution < 1.29 is 9.21 Å². The van der Waals surface area contributed by atoms with Crippen LogP contribution in [0.2, 0.25) is 0 Å². The first kappa shape index (κ1) is 14.1. The lowest BCUT2D eigenvalue weighted by Gasteiger charge is -2.02. The van der Waals surface area contributed by atoms with Gasteiger partial charge >= 0.3 is 0 Å². The molecule has 112 valence electrons. The first-order chi connectivity index (χ1) is 10.7. The zero-order valence-electron chi connectivity index (χ0n) is 12.3. The molecule has 0 radical (unpaired) electrons. The average Bonchev–Trinajstić information content (AvgIpc) is 3.17. The van der Waals surface area contributed by atoms with Gasteiger partial charge < -0.3 is 9.73 Å². The minimum atomic E-state index is -0.191. The molecule has 0 unspecified atom stereocenters. The fourth-order valence-corrected chi connectivity index (χ4v) is 2.18. The number of aromatic nitrogens is 2. The van der Waals surface area contributed by atoms with Crippen molar-refractivity contribution in [3.8, 4) is 5.69 Å². The van der Waals surface area contributed by atoms with E-state index >= 15 is 0 Å². The summed E-state index contributed by atoms with van der Waals surface area (Å²) in [4.78, 5) is 11.8. The molecule has 0 fully saturated rings. The van der Waals surface area contributed by atoms with Crippen molar-refractivity contribution in [2.45, 2.75) is 13.3 Å². The minimum Gasteiger partial charge on any atom is -0.456 e. The van der Waals surface area contributed by atoms with E-state index < -0.39 is 0 Å². The molecule has 0 saturated heterocycles. The molecule has 2 heterocycles. The van der Waals surface area contributed by atoms with Crippen LogP contribution in [0.15, 0.2) is 59.3 Å². The standard InChI is InChI=1S/C17H17N3O2/c1-13-7-8-16(22-13)17(21)18-10-9-14-11-19-20(12-14)15-5-3-2-4-6-15/h2-8,11-12H,9-10H2,1H3,(H,18,21). The van der Waals surface area contributed by atoms with Crippen LogP contribution in [0, 0.1) is 6.92 Å². The third kappa shape index (κ3) is 3.25. The number of carbonyl (C=O) groups is 1. The Kier molecular flexibility index (Phi) is 4.05. The van der Waals surface area contributed by atoms with E-state index in [1.807, 2.05) is 54.3 Å². The number of aryl methyl sites for hydroxylation is 1. The summed E-state index contributed by atoms with van der Waals surface area (Å²) in [5, 5.41) is 7.17. The first-order valence-electron chi connectivity index (χ1n) is 7.16. The van der Waals surface area contributed by atoms with Gasteiger partial charge in [-0.15, -0.1) is 0 Å². The molecular weight excluding hydrogens is 278 g/mol. The number of nitrogens with one attached hydrogen (secondary N) is 1. The number of hydrogen-bond acceptors (Lipinski definition) is 3. The van der Waals surface area contributed by atoms with Gasteiger partial charge in [0.05, 0.1) is 11.9 Å². The van der Waals surface area contributed by atoms with E-state index in [1.54, 1.807) is 12.1 Å². The van der Waals surface area contributed by atoms with E-state index in [-0.39, 0.29) is 5.91 Å². The fraction of sp³-hybridized carbons (Fsp3) is 0.176. The molecule has 1 amide bonds. The number of carbonyl (C=O) groups excluding carboxylic acids is 1. The number of hydrogen-bond donors (Lipinski definition) is 1. The second kappa shape index (κ2) is 6.30. The van der Waals surface area contributed by atoms with E-state index in [2.05, 4.69) is 10.4 Å². The Labute approximate surface area is 128 Å². The van der Waals surface area contributed by atoms with Crippen LogP contribution < -0.4 is 5.32 Å². The van der Waals surface area contributed by atoms with Crippen LogP contribution >= 0.6 is 0 Å². The SMILES string of the molecule is Cc1ccc(C(=O)NCCc2cnn(-c3ccccc3)c2)o1. The third-order valence-corrected chi connectivity index (χ3v) is 3.32. The Morgan fingerprint density at radius 1 is 1.23 bits per heavy atom. The maximum absolute atomic E-state index is 11.8. The Hall–Kier alpha value is -2.82. The van der Waals surface area contributed by atoms with Gasteiger partial charge in [-0.05, 0) is 43.2 Å². The van der Waals surface area contributed by atoms with Gasteiger partial charge in [0, 0.05) is 12.7 Å². The van der Waals surface area contributed by atoms with Crippen LogP contribution in [-0.4, -0.2) is 22.2 Å². The molecule has 22 heavy (non-hydrogen) atoms. The van der Waals surface area contributed by atoms with Crippen LogP contribution in [0.5, 0.6) is 0 Å². The predicted octanol–water partition coefficient (Wildman–Crippen LogP) is 2.75. The second-order valence-corrected chi connectivity index (χ2v) is 5.04. The minimum absolute atomic E-state index is 0.191. The van der Waals surface area contributed by atoms with E-state index in [0.29, 0.717) is 12.3 Å². The maximum atomic E-state index is 11.8. The highest BCUT2D eigenvalue weighted by molar-refractivity contribution is 5.91. The van der Waals surface area contributed by atoms with Gasteiger partial charge in [-0.3, -0.25) is 4.79 Å². The monoisotopic (exact) mass is 295 g/mol. The highest BCUT2D eigenvalue weighted by Crippen LogP contribution is 2.08. The zero-order valence-corrected chi connectivity index (χ0v) is 12.3. The summed E-state index contributed by atoms with van der Waals surface area (Å²) < 4.78 is 7.11. The molecule has 0 atom stereocenters. The summed E-state index contributed by atoms with van der Waals surface area (Å²) in [6.07, 6.45) is 4.51. The van der Waals surface area contributed by atoms with Crippen LogP contribution in [-0.2, 0) is 6.42 Å². The van der Waals surface area contributed by atoms with Crippen molar-refractivity contribution in [1.82, 2.24) is 15.1 Å². The lowest BCUT2D eigenvalue weighted by atomic mass is 10.2. The molecule has 5 nitrogen and oxygen atoms in total. The molecule has 3 aromatic rings. The lowest BCUT2D eigenvalue weighted by molar-refractivity contribution is 0.0925. The molecule has 5 heteroatoms. The molecule has 0 aliphatic heterocycles. The Morgan fingerprint density at radius 2 is 2.05 bits per heavy atom. The van der Waals surface area contributed by atoms with Crippen molar-refractivity contribution in [2.75, 3.05) is 6.54 Å². The van der Waals surface area contributed by atoms with Crippen molar-refractivity contribution in [1.29, 1.82) is 0 Å². The molecule has 3 rings (SSSR count). The lowest BCUT2D eigenvalue weighted by Crippen LogP contribution is -2.25. The largest absolute Gasteiger partial charge is 0.456 e. The summed E-state index contributed by atoms with van der Waals surface area (Å²) in [6.45, 7) is 2.35. The number of furan rings is 1. The summed E-state index contributed by atoms with van der Waals surface area (Å²) in [5.41, 5.74) is 2.09. The third-order valence-electron chi connectivity index (χ3n) is 3.32. The first-order valence-corrected chi connectivity index (χ1v) is 7.16. The molecule has 0 bridgehead atoms. The van der Waals surface area contributed by atoms with Crippen molar-refractivity contribution in [3.05, 3.63) is 71.9 Å². The quantitative estimate of drug-likeness (QED) is 0.787. The van der Waals surface area contributed by atoms with Gasteiger partial charge in [0.15, 0.2) is 5.76 Å². The summed E-state index contributed by atoms with van der Waals surface area (Å²) in [7, 11) is 0. The summed E-state index contributed by atoms with van der Waals surface area (Å²) in [6, 6.07) is 13.4. The van der Waals surface area contributed by atoms with Crippen molar-refractivity contribution in [3.63, 3.8) is 0 Å². The number of para-hydroxylation sites is 1. The topological polar surface area (TPSA) is 60.1 Å². The molecule has 1 N–H and O–H groups in total. The molecule has 1 aromatic carbocycles.